The molecular formula is C29H38N4O2. The number of anilines is 1. The molecule has 2 aromatic rings. The van der Waals surface area contributed by atoms with Gasteiger partial charge < -0.3 is 19.9 Å². The number of ether oxygens (including phenoxy) is 1. The summed E-state index contributed by atoms with van der Waals surface area (Å²) in [5, 5.41) is 12.2. The second kappa shape index (κ2) is 10.4. The summed E-state index contributed by atoms with van der Waals surface area (Å²) in [7, 11) is 0. The van der Waals surface area contributed by atoms with Gasteiger partial charge in [0, 0.05) is 24.0 Å². The minimum absolute atomic E-state index is 0.252. The van der Waals surface area contributed by atoms with Gasteiger partial charge in [-0.3, -0.25) is 4.79 Å². The summed E-state index contributed by atoms with van der Waals surface area (Å²) >= 11 is 0. The van der Waals surface area contributed by atoms with E-state index in [0.717, 1.165) is 42.6 Å². The van der Waals surface area contributed by atoms with Crippen molar-refractivity contribution in [2.45, 2.75) is 65.4 Å². The van der Waals surface area contributed by atoms with Crippen LogP contribution in [0.25, 0.3) is 5.57 Å². The van der Waals surface area contributed by atoms with Crippen LogP contribution in [0.3, 0.4) is 0 Å². The van der Waals surface area contributed by atoms with Gasteiger partial charge in [-0.15, -0.1) is 0 Å². The molecule has 186 valence electrons. The molecule has 2 aliphatic rings. The first-order valence-electron chi connectivity index (χ1n) is 12.8. The maximum Gasteiger partial charge on any atom is 0.272 e. The predicted molar refractivity (Wildman–Crippen MR) is 140 cm³/mol. The molecule has 6 heteroatoms. The molecule has 2 heterocycles. The average molecular weight is 475 g/mol. The number of likely N-dealkylation sites (tertiary alicyclic amines) is 1. The fourth-order valence-corrected chi connectivity index (χ4v) is 4.91. The number of nitriles is 1. The Kier molecular flexibility index (Phi) is 7.49. The molecule has 0 saturated carbocycles. The number of allylic oxidation sites excluding steroid dienone is 2. The Morgan fingerprint density at radius 2 is 2.03 bits per heavy atom. The summed E-state index contributed by atoms with van der Waals surface area (Å²) in [4.78, 5) is 18.3. The summed E-state index contributed by atoms with van der Waals surface area (Å²) in [6.07, 6.45) is 9.52. The highest BCUT2D eigenvalue weighted by molar-refractivity contribution is 6.04. The molecule has 6 nitrogen and oxygen atoms in total. The van der Waals surface area contributed by atoms with Crippen LogP contribution in [-0.4, -0.2) is 42.0 Å². The summed E-state index contributed by atoms with van der Waals surface area (Å²) in [6.45, 7) is 12.8. The van der Waals surface area contributed by atoms with Gasteiger partial charge in [0.05, 0.1) is 17.8 Å². The average Bonchev–Trinajstić information content (AvgIpc) is 3.51. The third-order valence-corrected chi connectivity index (χ3v) is 7.41. The smallest absolute Gasteiger partial charge is 0.272 e. The number of hydrogen-bond donors (Lipinski definition) is 2. The van der Waals surface area contributed by atoms with Gasteiger partial charge in [-0.25, -0.2) is 0 Å². The van der Waals surface area contributed by atoms with Crippen molar-refractivity contribution < 1.29 is 9.53 Å². The van der Waals surface area contributed by atoms with Crippen LogP contribution in [0, 0.1) is 16.7 Å². The summed E-state index contributed by atoms with van der Waals surface area (Å²) in [5.74, 6) is -0.252. The number of hydrogen-bond acceptors (Lipinski definition) is 4. The number of H-pyrrole nitrogens is 1. The van der Waals surface area contributed by atoms with E-state index < -0.39 is 5.60 Å². The number of carbonyl (C=O) groups is 1. The fraction of sp³-hybridized carbons (Fsp3) is 0.517. The van der Waals surface area contributed by atoms with Crippen molar-refractivity contribution in [1.29, 1.82) is 5.26 Å². The molecule has 35 heavy (non-hydrogen) atoms. The van der Waals surface area contributed by atoms with Crippen molar-refractivity contribution in [3.05, 3.63) is 58.9 Å². The number of rotatable bonds is 8. The minimum Gasteiger partial charge on any atom is -0.370 e. The monoisotopic (exact) mass is 474 g/mol. The van der Waals surface area contributed by atoms with Crippen molar-refractivity contribution in [3.8, 4) is 6.07 Å². The van der Waals surface area contributed by atoms with E-state index in [-0.39, 0.29) is 5.91 Å². The zero-order chi connectivity index (χ0) is 25.1. The third-order valence-electron chi connectivity index (χ3n) is 7.41. The van der Waals surface area contributed by atoms with Crippen molar-refractivity contribution in [2.75, 3.05) is 31.6 Å². The molecule has 0 radical (unpaired) electrons. The Morgan fingerprint density at radius 1 is 1.26 bits per heavy atom. The Bertz CT molecular complexity index is 1130. The molecule has 1 aromatic carbocycles. The number of carbonyl (C=O) groups excluding carboxylic acids is 1. The lowest BCUT2D eigenvalue weighted by atomic mass is 9.76. The van der Waals surface area contributed by atoms with Crippen molar-refractivity contribution in [2.24, 2.45) is 5.41 Å². The molecule has 0 atom stereocenters. The third kappa shape index (κ3) is 6.22. The summed E-state index contributed by atoms with van der Waals surface area (Å²) < 4.78 is 6.37. The quantitative estimate of drug-likeness (QED) is 0.486. The topological polar surface area (TPSA) is 81.2 Å². The predicted octanol–water partition coefficient (Wildman–Crippen LogP) is 6.08. The van der Waals surface area contributed by atoms with E-state index >= 15 is 0 Å². The lowest BCUT2D eigenvalue weighted by molar-refractivity contribution is -0.0288. The number of aromatic nitrogens is 1. The van der Waals surface area contributed by atoms with Crippen molar-refractivity contribution in [3.63, 3.8) is 0 Å². The molecule has 1 aliphatic carbocycles. The first-order valence-corrected chi connectivity index (χ1v) is 12.8. The molecule has 2 N–H and O–H groups in total. The molecule has 1 amide bonds. The Morgan fingerprint density at radius 3 is 2.69 bits per heavy atom. The highest BCUT2D eigenvalue weighted by Gasteiger charge is 2.27. The Hall–Kier alpha value is -2.88. The zero-order valence-electron chi connectivity index (χ0n) is 21.5. The molecule has 1 fully saturated rings. The van der Waals surface area contributed by atoms with Crippen LogP contribution in [0.15, 0.2) is 36.5 Å². The summed E-state index contributed by atoms with van der Waals surface area (Å²) in [5.41, 5.74) is 4.87. The van der Waals surface area contributed by atoms with E-state index in [4.69, 9.17) is 10.00 Å². The first kappa shape index (κ1) is 25.2. The van der Waals surface area contributed by atoms with E-state index in [2.05, 4.69) is 67.2 Å². The number of aromatic amines is 1. The van der Waals surface area contributed by atoms with E-state index in [9.17, 15) is 4.79 Å². The second-order valence-corrected chi connectivity index (χ2v) is 11.1. The normalized spacial score (nSPS) is 18.2. The number of benzene rings is 1. The van der Waals surface area contributed by atoms with Crippen molar-refractivity contribution >= 4 is 17.2 Å². The van der Waals surface area contributed by atoms with E-state index in [1.54, 1.807) is 12.3 Å². The van der Waals surface area contributed by atoms with Crippen LogP contribution in [0.5, 0.6) is 0 Å². The molecule has 1 aromatic heterocycles. The van der Waals surface area contributed by atoms with Crippen LogP contribution >= 0.6 is 0 Å². The minimum atomic E-state index is -0.438. The van der Waals surface area contributed by atoms with Gasteiger partial charge in [-0.2, -0.15) is 5.26 Å². The maximum absolute atomic E-state index is 12.9. The van der Waals surface area contributed by atoms with Crippen LogP contribution in [-0.2, 0) is 10.3 Å². The van der Waals surface area contributed by atoms with Crippen LogP contribution < -0.4 is 5.32 Å². The maximum atomic E-state index is 12.9. The van der Waals surface area contributed by atoms with E-state index in [1.807, 2.05) is 6.07 Å². The second-order valence-electron chi connectivity index (χ2n) is 11.1. The Balaban J connectivity index is 1.57. The number of amides is 1. The van der Waals surface area contributed by atoms with E-state index in [1.165, 1.54) is 31.5 Å². The van der Waals surface area contributed by atoms with E-state index in [0.29, 0.717) is 23.3 Å². The number of nitrogens with zero attached hydrogens (tertiary/aromatic N) is 2. The van der Waals surface area contributed by atoms with Gasteiger partial charge in [0.25, 0.3) is 5.91 Å². The first-order chi connectivity index (χ1) is 16.7. The van der Waals surface area contributed by atoms with Gasteiger partial charge in [0.1, 0.15) is 11.8 Å². The lowest BCUT2D eigenvalue weighted by Gasteiger charge is -2.31. The number of nitrogens with one attached hydrogen (secondary N) is 2. The van der Waals surface area contributed by atoms with Crippen LogP contribution in [0.2, 0.25) is 0 Å². The van der Waals surface area contributed by atoms with Gasteiger partial charge in [-0.1, -0.05) is 26.0 Å². The van der Waals surface area contributed by atoms with Crippen LogP contribution in [0.1, 0.15) is 87.0 Å². The van der Waals surface area contributed by atoms with Crippen LogP contribution in [0.4, 0.5) is 5.69 Å². The SMILES string of the molecule is CC1(C)CC=C(c2cc(C(C)(C)OCCN3CCCC3)ccc2NC(=O)c2cc(C#N)c[nH]2)CC1. The largest absolute Gasteiger partial charge is 0.370 e. The van der Waals surface area contributed by atoms with Crippen molar-refractivity contribution in [1.82, 2.24) is 9.88 Å². The molecule has 4 rings (SSSR count). The summed E-state index contributed by atoms with van der Waals surface area (Å²) in [6, 6.07) is 9.86. The van der Waals surface area contributed by atoms with Gasteiger partial charge in [-0.05, 0) is 93.8 Å². The van der Waals surface area contributed by atoms with Gasteiger partial charge in [0.2, 0.25) is 0 Å². The van der Waals surface area contributed by atoms with Gasteiger partial charge >= 0.3 is 0 Å². The highest BCUT2D eigenvalue weighted by Crippen LogP contribution is 2.41. The molecule has 0 bridgehead atoms. The Labute approximate surface area is 209 Å². The molecular weight excluding hydrogens is 436 g/mol. The molecule has 0 spiro atoms. The molecule has 0 unspecified atom stereocenters. The standard InChI is InChI=1S/C29H38N4O2/c1-28(2)11-9-22(10-12-28)24-18-23(29(3,4)35-16-15-33-13-5-6-14-33)7-8-25(24)32-27(34)26-17-21(19-30)20-31-26/h7-9,17-18,20,31H,5-6,10-16H2,1-4H3,(H,32,34). The fourth-order valence-electron chi connectivity index (χ4n) is 4.91. The molecule has 1 aliphatic heterocycles. The lowest BCUT2D eigenvalue weighted by Crippen LogP contribution is -2.29. The zero-order valence-corrected chi connectivity index (χ0v) is 21.5. The molecule has 1 saturated heterocycles. The van der Waals surface area contributed by atoms with Gasteiger partial charge in [0.15, 0.2) is 0 Å². The highest BCUT2D eigenvalue weighted by atomic mass is 16.5.